The van der Waals surface area contributed by atoms with Crippen LogP contribution in [0.25, 0.3) is 0 Å². The Morgan fingerprint density at radius 3 is 2.63 bits per heavy atom. The minimum Gasteiger partial charge on any atom is -0.497 e. The Balaban J connectivity index is 2.91. The normalized spacial score (nSPS) is 12.0. The largest absolute Gasteiger partial charge is 0.497 e. The van der Waals surface area contributed by atoms with Crippen molar-refractivity contribution >= 4 is 5.69 Å². The number of nitrogens with zero attached hydrogens (tertiary/aromatic N) is 1. The van der Waals surface area contributed by atoms with Crippen molar-refractivity contribution in [3.63, 3.8) is 0 Å². The molecule has 0 aromatic heterocycles. The number of hydrogen-bond acceptors (Lipinski definition) is 4. The van der Waals surface area contributed by atoms with Crippen LogP contribution in [0.1, 0.15) is 26.3 Å². The van der Waals surface area contributed by atoms with Crippen LogP contribution < -0.4 is 10.1 Å². The number of rotatable bonds is 7. The first-order valence-electron chi connectivity index (χ1n) is 6.54. The Labute approximate surface area is 115 Å². The molecule has 0 spiro atoms. The molecule has 0 fully saturated rings. The van der Waals surface area contributed by atoms with Gasteiger partial charge in [-0.3, -0.25) is 0 Å². The predicted octanol–water partition coefficient (Wildman–Crippen LogP) is 3.04. The van der Waals surface area contributed by atoms with E-state index in [0.29, 0.717) is 24.7 Å². The average Bonchev–Trinajstić information content (AvgIpc) is 2.42. The summed E-state index contributed by atoms with van der Waals surface area (Å²) < 4.78 is 10.7. The third kappa shape index (κ3) is 4.46. The van der Waals surface area contributed by atoms with Crippen LogP contribution in [0.3, 0.4) is 0 Å². The molecule has 0 aliphatic carbocycles. The van der Waals surface area contributed by atoms with Gasteiger partial charge in [0.1, 0.15) is 11.8 Å². The van der Waals surface area contributed by atoms with Crippen LogP contribution in [-0.4, -0.2) is 26.4 Å². The second kappa shape index (κ2) is 7.65. The number of benzene rings is 1. The fourth-order valence-corrected chi connectivity index (χ4v) is 1.71. The molecule has 104 valence electrons. The predicted molar refractivity (Wildman–Crippen MR) is 76.5 cm³/mol. The maximum Gasteiger partial charge on any atom is 0.121 e. The molecule has 0 radical (unpaired) electrons. The molecule has 19 heavy (non-hydrogen) atoms. The van der Waals surface area contributed by atoms with Crippen molar-refractivity contribution in [3.8, 4) is 11.8 Å². The van der Waals surface area contributed by atoms with Crippen LogP contribution in [0, 0.1) is 17.2 Å². The van der Waals surface area contributed by atoms with Gasteiger partial charge in [0.05, 0.1) is 31.0 Å². The third-order valence-electron chi connectivity index (χ3n) is 2.99. The van der Waals surface area contributed by atoms with Gasteiger partial charge in [-0.05, 0) is 25.0 Å². The molecule has 0 aliphatic heterocycles. The summed E-state index contributed by atoms with van der Waals surface area (Å²) in [4.78, 5) is 0. The molecular weight excluding hydrogens is 240 g/mol. The lowest BCUT2D eigenvalue weighted by molar-refractivity contribution is 0.127. The molecule has 0 heterocycles. The lowest BCUT2D eigenvalue weighted by Gasteiger charge is -2.24. The van der Waals surface area contributed by atoms with Crippen LogP contribution in [0.4, 0.5) is 5.69 Å². The topological polar surface area (TPSA) is 54.3 Å². The highest BCUT2D eigenvalue weighted by molar-refractivity contribution is 5.60. The Hall–Kier alpha value is -1.73. The van der Waals surface area contributed by atoms with Gasteiger partial charge in [0.15, 0.2) is 0 Å². The van der Waals surface area contributed by atoms with E-state index >= 15 is 0 Å². The molecule has 1 N–H and O–H groups in total. The van der Waals surface area contributed by atoms with Gasteiger partial charge < -0.3 is 14.8 Å². The van der Waals surface area contributed by atoms with Crippen LogP contribution in [0.5, 0.6) is 5.75 Å². The van der Waals surface area contributed by atoms with Crippen molar-refractivity contribution in [1.29, 1.82) is 5.26 Å². The van der Waals surface area contributed by atoms with E-state index in [1.54, 1.807) is 19.2 Å². The highest BCUT2D eigenvalue weighted by Crippen LogP contribution is 2.23. The van der Waals surface area contributed by atoms with Gasteiger partial charge in [0, 0.05) is 12.7 Å². The van der Waals surface area contributed by atoms with E-state index in [0.717, 1.165) is 11.4 Å². The van der Waals surface area contributed by atoms with Gasteiger partial charge in [-0.2, -0.15) is 5.26 Å². The lowest BCUT2D eigenvalue weighted by Crippen LogP contribution is -2.31. The number of ether oxygens (including phenoxy) is 2. The Bertz CT molecular complexity index is 438. The summed E-state index contributed by atoms with van der Waals surface area (Å²) in [6, 6.07) is 7.75. The first-order chi connectivity index (χ1) is 9.12. The third-order valence-corrected chi connectivity index (χ3v) is 2.99. The average molecular weight is 262 g/mol. The van der Waals surface area contributed by atoms with E-state index < -0.39 is 0 Å². The molecule has 0 amide bonds. The van der Waals surface area contributed by atoms with E-state index in [-0.39, 0.29) is 6.04 Å². The molecule has 0 saturated heterocycles. The lowest BCUT2D eigenvalue weighted by atomic mass is 10.0. The van der Waals surface area contributed by atoms with Crippen molar-refractivity contribution in [3.05, 3.63) is 23.8 Å². The molecule has 1 aromatic rings. The maximum absolute atomic E-state index is 9.15. The first kappa shape index (κ1) is 15.3. The van der Waals surface area contributed by atoms with Crippen LogP contribution >= 0.6 is 0 Å². The first-order valence-corrected chi connectivity index (χ1v) is 6.54. The maximum atomic E-state index is 9.15. The fraction of sp³-hybridized carbons (Fsp3) is 0.533. The summed E-state index contributed by atoms with van der Waals surface area (Å²) in [7, 11) is 1.62. The summed E-state index contributed by atoms with van der Waals surface area (Å²) in [5, 5.41) is 12.5. The Morgan fingerprint density at radius 1 is 1.37 bits per heavy atom. The summed E-state index contributed by atoms with van der Waals surface area (Å²) in [5.41, 5.74) is 1.41. The minimum absolute atomic E-state index is 0.166. The number of nitrogens with one attached hydrogen (secondary N) is 1. The monoisotopic (exact) mass is 262 g/mol. The van der Waals surface area contributed by atoms with E-state index in [1.807, 2.05) is 13.0 Å². The molecule has 0 saturated carbocycles. The Kier molecular flexibility index (Phi) is 6.17. The standard InChI is InChI=1S/C15H22N2O2/c1-5-19-10-15(11(2)3)17-14-8-13(18-4)7-6-12(14)9-16/h6-8,11,15,17H,5,10H2,1-4H3. The molecule has 1 aromatic carbocycles. The summed E-state index contributed by atoms with van der Waals surface area (Å²) in [5.74, 6) is 1.14. The zero-order valence-corrected chi connectivity index (χ0v) is 12.1. The van der Waals surface area contributed by atoms with E-state index in [2.05, 4.69) is 25.2 Å². The highest BCUT2D eigenvalue weighted by atomic mass is 16.5. The molecule has 1 atom stereocenters. The number of methoxy groups -OCH3 is 1. The van der Waals surface area contributed by atoms with Gasteiger partial charge in [-0.15, -0.1) is 0 Å². The van der Waals surface area contributed by atoms with E-state index in [9.17, 15) is 0 Å². The summed E-state index contributed by atoms with van der Waals surface area (Å²) >= 11 is 0. The smallest absolute Gasteiger partial charge is 0.121 e. The second-order valence-electron chi connectivity index (χ2n) is 4.68. The number of anilines is 1. The summed E-state index contributed by atoms with van der Waals surface area (Å²) in [6.07, 6.45) is 0. The molecule has 1 unspecified atom stereocenters. The molecular formula is C15H22N2O2. The number of hydrogen-bond donors (Lipinski definition) is 1. The number of nitriles is 1. The second-order valence-corrected chi connectivity index (χ2v) is 4.68. The summed E-state index contributed by atoms with van der Waals surface area (Å²) in [6.45, 7) is 7.54. The quantitative estimate of drug-likeness (QED) is 0.820. The fourth-order valence-electron chi connectivity index (χ4n) is 1.71. The van der Waals surface area contributed by atoms with Crippen LogP contribution in [0.2, 0.25) is 0 Å². The van der Waals surface area contributed by atoms with Crippen molar-refractivity contribution in [2.45, 2.75) is 26.8 Å². The minimum atomic E-state index is 0.166. The van der Waals surface area contributed by atoms with Gasteiger partial charge in [-0.25, -0.2) is 0 Å². The molecule has 4 nitrogen and oxygen atoms in total. The van der Waals surface area contributed by atoms with Gasteiger partial charge in [0.25, 0.3) is 0 Å². The van der Waals surface area contributed by atoms with Crippen molar-refractivity contribution in [2.75, 3.05) is 25.6 Å². The van der Waals surface area contributed by atoms with Crippen LogP contribution in [-0.2, 0) is 4.74 Å². The van der Waals surface area contributed by atoms with Crippen molar-refractivity contribution in [2.24, 2.45) is 5.92 Å². The van der Waals surface area contributed by atoms with Crippen molar-refractivity contribution < 1.29 is 9.47 Å². The Morgan fingerprint density at radius 2 is 2.11 bits per heavy atom. The highest BCUT2D eigenvalue weighted by Gasteiger charge is 2.15. The molecule has 0 bridgehead atoms. The zero-order valence-electron chi connectivity index (χ0n) is 12.1. The van der Waals surface area contributed by atoms with E-state index in [4.69, 9.17) is 14.7 Å². The van der Waals surface area contributed by atoms with Gasteiger partial charge >= 0.3 is 0 Å². The van der Waals surface area contributed by atoms with Crippen molar-refractivity contribution in [1.82, 2.24) is 0 Å². The molecule has 4 heteroatoms. The van der Waals surface area contributed by atoms with Gasteiger partial charge in [0.2, 0.25) is 0 Å². The van der Waals surface area contributed by atoms with Crippen LogP contribution in [0.15, 0.2) is 18.2 Å². The SMILES string of the molecule is CCOCC(Nc1cc(OC)ccc1C#N)C(C)C. The zero-order chi connectivity index (χ0) is 14.3. The van der Waals surface area contributed by atoms with E-state index in [1.165, 1.54) is 0 Å². The molecule has 1 rings (SSSR count). The molecule has 0 aliphatic rings. The van der Waals surface area contributed by atoms with Gasteiger partial charge in [-0.1, -0.05) is 13.8 Å².